The molecule has 5 nitrogen and oxygen atoms in total. The summed E-state index contributed by atoms with van der Waals surface area (Å²) in [6, 6.07) is -0.171. The molecule has 0 aromatic heterocycles. The topological polar surface area (TPSA) is 66.8 Å². The number of aliphatic carboxylic acids is 1. The molecule has 96 valence electrons. The lowest BCUT2D eigenvalue weighted by Crippen LogP contribution is -2.54. The predicted molar refractivity (Wildman–Crippen MR) is 60.6 cm³/mol. The van der Waals surface area contributed by atoms with Gasteiger partial charge in [0.1, 0.15) is 5.60 Å². The van der Waals surface area contributed by atoms with Crippen LogP contribution in [0.4, 0.5) is 4.79 Å². The van der Waals surface area contributed by atoms with Crippen LogP contribution in [0.15, 0.2) is 0 Å². The van der Waals surface area contributed by atoms with E-state index in [9.17, 15) is 14.7 Å². The Labute approximate surface area is 101 Å². The highest BCUT2D eigenvalue weighted by Gasteiger charge is 2.60. The summed E-state index contributed by atoms with van der Waals surface area (Å²) in [5, 5.41) is 9.25. The Morgan fingerprint density at radius 1 is 1.35 bits per heavy atom. The molecule has 0 aromatic rings. The Balaban J connectivity index is 2.06. The summed E-state index contributed by atoms with van der Waals surface area (Å²) in [5.74, 6) is -0.778. The number of fused-ring (bicyclic) bond motifs is 1. The molecule has 1 saturated carbocycles. The number of hydrogen-bond acceptors (Lipinski definition) is 3. The molecule has 0 spiro atoms. The minimum atomic E-state index is -0.778. The molecule has 0 aromatic carbocycles. The minimum Gasteiger partial charge on any atom is -0.481 e. The summed E-state index contributed by atoms with van der Waals surface area (Å²) >= 11 is 0. The van der Waals surface area contributed by atoms with Gasteiger partial charge in [0.2, 0.25) is 0 Å². The minimum absolute atomic E-state index is 0.171. The molecule has 1 saturated heterocycles. The van der Waals surface area contributed by atoms with E-state index >= 15 is 0 Å². The fourth-order valence-electron chi connectivity index (χ4n) is 2.74. The second-order valence-corrected chi connectivity index (χ2v) is 5.94. The van der Waals surface area contributed by atoms with Gasteiger partial charge in [0, 0.05) is 6.54 Å². The fraction of sp³-hybridized carbons (Fsp3) is 0.833. The molecular weight excluding hydrogens is 222 g/mol. The molecule has 1 aliphatic carbocycles. The van der Waals surface area contributed by atoms with E-state index in [0.29, 0.717) is 19.4 Å². The number of carboxylic acid groups (broad SMARTS) is 1. The van der Waals surface area contributed by atoms with Crippen molar-refractivity contribution in [1.82, 2.24) is 4.90 Å². The Morgan fingerprint density at radius 2 is 2.00 bits per heavy atom. The molecule has 5 heteroatoms. The van der Waals surface area contributed by atoms with Crippen molar-refractivity contribution in [1.29, 1.82) is 0 Å². The number of nitrogens with zero attached hydrogens (tertiary/aromatic N) is 1. The van der Waals surface area contributed by atoms with E-state index in [1.54, 1.807) is 4.90 Å². The number of hydrogen-bond donors (Lipinski definition) is 1. The maximum absolute atomic E-state index is 11.9. The maximum atomic E-state index is 11.9. The molecule has 2 aliphatic rings. The van der Waals surface area contributed by atoms with Crippen molar-refractivity contribution in [2.75, 3.05) is 6.54 Å². The van der Waals surface area contributed by atoms with Crippen LogP contribution < -0.4 is 0 Å². The molecule has 1 aliphatic heterocycles. The summed E-state index contributed by atoms with van der Waals surface area (Å²) in [6.07, 6.45) is 1.61. The number of carboxylic acids is 1. The Morgan fingerprint density at radius 3 is 2.35 bits per heavy atom. The SMILES string of the molecule is CC(C)(C)OC(=O)N1CCC2(C(=O)O)CCC12. The summed E-state index contributed by atoms with van der Waals surface area (Å²) < 4.78 is 5.29. The van der Waals surface area contributed by atoms with Crippen molar-refractivity contribution < 1.29 is 19.4 Å². The zero-order valence-corrected chi connectivity index (χ0v) is 10.5. The quantitative estimate of drug-likeness (QED) is 0.761. The molecular formula is C12H19NO4. The number of ether oxygens (including phenoxy) is 1. The Hall–Kier alpha value is -1.26. The van der Waals surface area contributed by atoms with Crippen LogP contribution in [0, 0.1) is 5.41 Å². The lowest BCUT2D eigenvalue weighted by Gasteiger charge is -2.43. The van der Waals surface area contributed by atoms with E-state index in [4.69, 9.17) is 4.74 Å². The van der Waals surface area contributed by atoms with E-state index in [1.165, 1.54) is 0 Å². The summed E-state index contributed by atoms with van der Waals surface area (Å²) in [4.78, 5) is 24.8. The summed E-state index contributed by atoms with van der Waals surface area (Å²) in [5.41, 5.74) is -1.23. The first-order valence-electron chi connectivity index (χ1n) is 5.99. The number of amides is 1. The van der Waals surface area contributed by atoms with Crippen molar-refractivity contribution >= 4 is 12.1 Å². The van der Waals surface area contributed by atoms with Gasteiger partial charge in [0.25, 0.3) is 0 Å². The molecule has 1 amide bonds. The van der Waals surface area contributed by atoms with Crippen LogP contribution in [-0.4, -0.2) is 40.3 Å². The standard InChI is InChI=1S/C12H19NO4/c1-11(2,3)17-10(16)13-7-6-12(9(14)15)5-4-8(12)13/h8H,4-7H2,1-3H3,(H,14,15). The van der Waals surface area contributed by atoms with Crippen molar-refractivity contribution in [2.24, 2.45) is 5.41 Å². The van der Waals surface area contributed by atoms with Gasteiger partial charge < -0.3 is 14.7 Å². The molecule has 0 bridgehead atoms. The first kappa shape index (κ1) is 12.2. The van der Waals surface area contributed by atoms with E-state index < -0.39 is 17.0 Å². The van der Waals surface area contributed by atoms with E-state index in [1.807, 2.05) is 20.8 Å². The third-order valence-electron chi connectivity index (χ3n) is 3.73. The number of rotatable bonds is 1. The fourth-order valence-corrected chi connectivity index (χ4v) is 2.74. The highest BCUT2D eigenvalue weighted by molar-refractivity contribution is 5.80. The molecule has 2 rings (SSSR count). The molecule has 2 unspecified atom stereocenters. The molecule has 1 heterocycles. The van der Waals surface area contributed by atoms with Crippen LogP contribution in [0.5, 0.6) is 0 Å². The molecule has 1 N–H and O–H groups in total. The van der Waals surface area contributed by atoms with Crippen LogP contribution >= 0.6 is 0 Å². The Bertz CT molecular complexity index is 360. The Kier molecular flexibility index (Phi) is 2.60. The van der Waals surface area contributed by atoms with Gasteiger partial charge in [0.15, 0.2) is 0 Å². The van der Waals surface area contributed by atoms with E-state index in [2.05, 4.69) is 0 Å². The summed E-state index contributed by atoms with van der Waals surface area (Å²) in [7, 11) is 0. The van der Waals surface area contributed by atoms with Crippen LogP contribution in [0.25, 0.3) is 0 Å². The van der Waals surface area contributed by atoms with Crippen molar-refractivity contribution in [3.05, 3.63) is 0 Å². The largest absolute Gasteiger partial charge is 0.481 e. The molecule has 2 atom stereocenters. The summed E-state index contributed by atoms with van der Waals surface area (Å²) in [6.45, 7) is 5.93. The van der Waals surface area contributed by atoms with Gasteiger partial charge >= 0.3 is 12.1 Å². The van der Waals surface area contributed by atoms with Gasteiger partial charge in [-0.05, 0) is 40.0 Å². The smallest absolute Gasteiger partial charge is 0.410 e. The van der Waals surface area contributed by atoms with Gasteiger partial charge in [-0.3, -0.25) is 4.79 Å². The lowest BCUT2D eigenvalue weighted by atomic mass is 9.65. The predicted octanol–water partition coefficient (Wildman–Crippen LogP) is 1.86. The van der Waals surface area contributed by atoms with Crippen molar-refractivity contribution in [3.8, 4) is 0 Å². The van der Waals surface area contributed by atoms with Crippen molar-refractivity contribution in [3.63, 3.8) is 0 Å². The highest BCUT2D eigenvalue weighted by Crippen LogP contribution is 2.52. The van der Waals surface area contributed by atoms with Gasteiger partial charge in [-0.15, -0.1) is 0 Å². The van der Waals surface area contributed by atoms with Gasteiger partial charge in [-0.25, -0.2) is 4.79 Å². The average Bonchev–Trinajstić information content (AvgIpc) is 2.35. The van der Waals surface area contributed by atoms with Crippen LogP contribution in [0.2, 0.25) is 0 Å². The molecule has 17 heavy (non-hydrogen) atoms. The average molecular weight is 241 g/mol. The normalized spacial score (nSPS) is 31.7. The van der Waals surface area contributed by atoms with Gasteiger partial charge in [-0.2, -0.15) is 0 Å². The lowest BCUT2D eigenvalue weighted by molar-refractivity contribution is -0.156. The van der Waals surface area contributed by atoms with Crippen molar-refractivity contribution in [2.45, 2.75) is 51.7 Å². The molecule has 0 radical (unpaired) electrons. The second kappa shape index (κ2) is 3.62. The second-order valence-electron chi connectivity index (χ2n) is 5.94. The highest BCUT2D eigenvalue weighted by atomic mass is 16.6. The first-order chi connectivity index (χ1) is 7.76. The van der Waals surface area contributed by atoms with Crippen LogP contribution in [0.1, 0.15) is 40.0 Å². The molecule has 2 fully saturated rings. The number of carbonyl (C=O) groups excluding carboxylic acids is 1. The number of carbonyl (C=O) groups is 2. The number of likely N-dealkylation sites (tertiary alicyclic amines) is 1. The third-order valence-corrected chi connectivity index (χ3v) is 3.73. The van der Waals surface area contributed by atoms with E-state index in [-0.39, 0.29) is 12.1 Å². The van der Waals surface area contributed by atoms with Crippen LogP contribution in [0.3, 0.4) is 0 Å². The monoisotopic (exact) mass is 241 g/mol. The first-order valence-corrected chi connectivity index (χ1v) is 5.99. The third kappa shape index (κ3) is 1.87. The maximum Gasteiger partial charge on any atom is 0.410 e. The van der Waals surface area contributed by atoms with E-state index in [0.717, 1.165) is 6.42 Å². The zero-order valence-electron chi connectivity index (χ0n) is 10.5. The van der Waals surface area contributed by atoms with Gasteiger partial charge in [0.05, 0.1) is 11.5 Å². The van der Waals surface area contributed by atoms with Gasteiger partial charge in [-0.1, -0.05) is 0 Å². The van der Waals surface area contributed by atoms with Crippen LogP contribution in [-0.2, 0) is 9.53 Å². The zero-order chi connectivity index (χ0) is 12.8.